The maximum atomic E-state index is 13.5. The van der Waals surface area contributed by atoms with E-state index in [0.29, 0.717) is 11.3 Å². The second-order valence-electron chi connectivity index (χ2n) is 4.69. The Morgan fingerprint density at radius 1 is 1.22 bits per heavy atom. The summed E-state index contributed by atoms with van der Waals surface area (Å²) >= 11 is 4.97. The van der Waals surface area contributed by atoms with Crippen LogP contribution in [0.4, 0.5) is 14.5 Å². The predicted molar refractivity (Wildman–Crippen MR) is 87.8 cm³/mol. The van der Waals surface area contributed by atoms with Crippen LogP contribution in [-0.4, -0.2) is 18.1 Å². The van der Waals surface area contributed by atoms with Crippen molar-refractivity contribution in [3.05, 3.63) is 59.2 Å². The van der Waals surface area contributed by atoms with Crippen molar-refractivity contribution in [1.82, 2.24) is 5.32 Å². The quantitative estimate of drug-likeness (QED) is 0.844. The highest BCUT2D eigenvalue weighted by Gasteiger charge is 2.15. The fraction of sp³-hybridized carbons (Fsp3) is 0.125. The normalized spacial score (nSPS) is 10.1. The lowest BCUT2D eigenvalue weighted by molar-refractivity contribution is 0.0974. The third kappa shape index (κ3) is 4.01. The molecule has 2 aromatic rings. The highest BCUT2D eigenvalue weighted by Crippen LogP contribution is 2.22. The summed E-state index contributed by atoms with van der Waals surface area (Å²) in [7, 11) is 1.46. The van der Waals surface area contributed by atoms with Crippen molar-refractivity contribution in [3.8, 4) is 5.75 Å². The molecule has 0 radical (unpaired) electrons. The average molecular weight is 336 g/mol. The van der Waals surface area contributed by atoms with Gasteiger partial charge in [0.1, 0.15) is 17.4 Å². The van der Waals surface area contributed by atoms with Gasteiger partial charge in [0.2, 0.25) is 0 Å². The van der Waals surface area contributed by atoms with Gasteiger partial charge in [-0.2, -0.15) is 0 Å². The molecule has 2 N–H and O–H groups in total. The van der Waals surface area contributed by atoms with E-state index in [-0.39, 0.29) is 10.8 Å². The number of benzene rings is 2. The van der Waals surface area contributed by atoms with Crippen molar-refractivity contribution in [2.24, 2.45) is 0 Å². The number of hydrogen-bond acceptors (Lipinski definition) is 3. The van der Waals surface area contributed by atoms with Crippen molar-refractivity contribution in [1.29, 1.82) is 0 Å². The number of anilines is 1. The first-order valence-corrected chi connectivity index (χ1v) is 7.04. The van der Waals surface area contributed by atoms with Crippen molar-refractivity contribution in [3.63, 3.8) is 0 Å². The molecule has 1 amide bonds. The summed E-state index contributed by atoms with van der Waals surface area (Å²) in [5.41, 5.74) is 1.06. The fourth-order valence-electron chi connectivity index (χ4n) is 2.02. The lowest BCUT2D eigenvalue weighted by Crippen LogP contribution is -2.34. The molecule has 0 atom stereocenters. The number of amides is 1. The lowest BCUT2D eigenvalue weighted by atomic mass is 10.1. The Kier molecular flexibility index (Phi) is 5.23. The van der Waals surface area contributed by atoms with E-state index in [9.17, 15) is 13.6 Å². The molecule has 0 spiro atoms. The highest BCUT2D eigenvalue weighted by atomic mass is 32.1. The summed E-state index contributed by atoms with van der Waals surface area (Å²) in [6.45, 7) is 1.81. The standard InChI is InChI=1S/C16H14F2N2O2S/c1-9-4-3-5-11(14(9)22-2)15(21)20-16(23)19-13-7-6-10(17)8-12(13)18/h3-8H,1-2H3,(H2,19,20,21,23). The Morgan fingerprint density at radius 2 is 1.96 bits per heavy atom. The Morgan fingerprint density at radius 3 is 2.61 bits per heavy atom. The SMILES string of the molecule is COc1c(C)cccc1C(=O)NC(=S)Nc1ccc(F)cc1F. The van der Waals surface area contributed by atoms with E-state index in [0.717, 1.165) is 17.7 Å². The van der Waals surface area contributed by atoms with Gasteiger partial charge in [0.05, 0.1) is 18.4 Å². The van der Waals surface area contributed by atoms with Gasteiger partial charge in [-0.25, -0.2) is 8.78 Å². The minimum atomic E-state index is -0.810. The maximum absolute atomic E-state index is 13.5. The summed E-state index contributed by atoms with van der Waals surface area (Å²) in [5.74, 6) is -1.58. The molecule has 7 heteroatoms. The molecule has 0 aliphatic heterocycles. The van der Waals surface area contributed by atoms with E-state index in [1.165, 1.54) is 13.2 Å². The monoisotopic (exact) mass is 336 g/mol. The van der Waals surface area contributed by atoms with Crippen LogP contribution in [-0.2, 0) is 0 Å². The third-order valence-corrected chi connectivity index (χ3v) is 3.27. The Balaban J connectivity index is 2.11. The lowest BCUT2D eigenvalue weighted by Gasteiger charge is -2.13. The van der Waals surface area contributed by atoms with Crippen LogP contribution in [0.2, 0.25) is 0 Å². The van der Waals surface area contributed by atoms with Gasteiger partial charge in [-0.15, -0.1) is 0 Å². The Bertz CT molecular complexity index is 766. The van der Waals surface area contributed by atoms with Gasteiger partial charge in [-0.3, -0.25) is 10.1 Å². The first-order chi connectivity index (χ1) is 10.9. The molecule has 23 heavy (non-hydrogen) atoms. The molecular weight excluding hydrogens is 322 g/mol. The molecule has 0 heterocycles. The number of ether oxygens (including phenoxy) is 1. The number of carbonyl (C=O) groups excluding carboxylic acids is 1. The van der Waals surface area contributed by atoms with E-state index in [4.69, 9.17) is 17.0 Å². The number of aryl methyl sites for hydroxylation is 1. The van der Waals surface area contributed by atoms with Gasteiger partial charge < -0.3 is 10.1 Å². The summed E-state index contributed by atoms with van der Waals surface area (Å²) in [4.78, 5) is 12.2. The molecule has 0 aliphatic rings. The van der Waals surface area contributed by atoms with E-state index in [1.54, 1.807) is 25.1 Å². The molecule has 4 nitrogen and oxygen atoms in total. The zero-order valence-electron chi connectivity index (χ0n) is 12.4. The molecule has 0 aliphatic carbocycles. The molecule has 0 unspecified atom stereocenters. The number of halogens is 2. The smallest absolute Gasteiger partial charge is 0.261 e. The van der Waals surface area contributed by atoms with Gasteiger partial charge in [-0.1, -0.05) is 12.1 Å². The van der Waals surface area contributed by atoms with Crippen LogP contribution in [0, 0.1) is 18.6 Å². The average Bonchev–Trinajstić information content (AvgIpc) is 2.49. The second kappa shape index (κ2) is 7.15. The van der Waals surface area contributed by atoms with E-state index in [2.05, 4.69) is 10.6 Å². The largest absolute Gasteiger partial charge is 0.496 e. The van der Waals surface area contributed by atoms with Gasteiger partial charge in [0.15, 0.2) is 5.11 Å². The van der Waals surface area contributed by atoms with E-state index >= 15 is 0 Å². The van der Waals surface area contributed by atoms with Crippen molar-refractivity contribution in [2.75, 3.05) is 12.4 Å². The molecule has 2 rings (SSSR count). The predicted octanol–water partition coefficient (Wildman–Crippen LogP) is 3.41. The van der Waals surface area contributed by atoms with Crippen LogP contribution >= 0.6 is 12.2 Å². The maximum Gasteiger partial charge on any atom is 0.261 e. The van der Waals surface area contributed by atoms with Crippen LogP contribution in [0.5, 0.6) is 5.75 Å². The molecule has 2 aromatic carbocycles. The van der Waals surface area contributed by atoms with Crippen molar-refractivity contribution in [2.45, 2.75) is 6.92 Å². The minimum absolute atomic E-state index is 0.0343. The van der Waals surface area contributed by atoms with E-state index < -0.39 is 17.5 Å². The van der Waals surface area contributed by atoms with Crippen LogP contribution in [0.15, 0.2) is 36.4 Å². The number of hydrogen-bond donors (Lipinski definition) is 2. The first kappa shape index (κ1) is 16.8. The Hall–Kier alpha value is -2.54. The number of para-hydroxylation sites is 1. The summed E-state index contributed by atoms with van der Waals surface area (Å²) < 4.78 is 31.6. The topological polar surface area (TPSA) is 50.4 Å². The molecular formula is C16H14F2N2O2S. The summed E-state index contributed by atoms with van der Waals surface area (Å²) in [6, 6.07) is 8.09. The number of rotatable bonds is 3. The zero-order chi connectivity index (χ0) is 17.0. The number of carbonyl (C=O) groups is 1. The molecule has 0 bridgehead atoms. The van der Waals surface area contributed by atoms with Crippen molar-refractivity contribution < 1.29 is 18.3 Å². The summed E-state index contributed by atoms with van der Waals surface area (Å²) in [5, 5.41) is 4.83. The van der Waals surface area contributed by atoms with Crippen LogP contribution in [0.3, 0.4) is 0 Å². The first-order valence-electron chi connectivity index (χ1n) is 6.63. The molecule has 0 saturated heterocycles. The van der Waals surface area contributed by atoms with Gasteiger partial charge in [0, 0.05) is 6.07 Å². The molecule has 0 fully saturated rings. The molecule has 120 valence electrons. The highest BCUT2D eigenvalue weighted by molar-refractivity contribution is 7.80. The number of thiocarbonyl (C=S) groups is 1. The van der Waals surface area contributed by atoms with Crippen LogP contribution in [0.1, 0.15) is 15.9 Å². The Labute approximate surface area is 137 Å². The summed E-state index contributed by atoms with van der Waals surface area (Å²) in [6.07, 6.45) is 0. The second-order valence-corrected chi connectivity index (χ2v) is 5.10. The van der Waals surface area contributed by atoms with Crippen LogP contribution < -0.4 is 15.4 Å². The van der Waals surface area contributed by atoms with Gasteiger partial charge >= 0.3 is 0 Å². The van der Waals surface area contributed by atoms with Gasteiger partial charge in [0.25, 0.3) is 5.91 Å². The molecule has 0 aromatic heterocycles. The number of nitrogens with one attached hydrogen (secondary N) is 2. The van der Waals surface area contributed by atoms with E-state index in [1.807, 2.05) is 0 Å². The molecule has 0 saturated carbocycles. The number of methoxy groups -OCH3 is 1. The zero-order valence-corrected chi connectivity index (χ0v) is 13.3. The van der Waals surface area contributed by atoms with Crippen molar-refractivity contribution >= 4 is 28.9 Å². The third-order valence-electron chi connectivity index (χ3n) is 3.07. The van der Waals surface area contributed by atoms with Gasteiger partial charge in [-0.05, 0) is 42.9 Å². The minimum Gasteiger partial charge on any atom is -0.496 e. The van der Waals surface area contributed by atoms with Crippen LogP contribution in [0.25, 0.3) is 0 Å². The fourth-order valence-corrected chi connectivity index (χ4v) is 2.22.